The lowest BCUT2D eigenvalue weighted by atomic mass is 10.2. The van der Waals surface area contributed by atoms with Gasteiger partial charge < -0.3 is 10.2 Å². The van der Waals surface area contributed by atoms with E-state index in [4.69, 9.17) is 11.6 Å². The Morgan fingerprint density at radius 3 is 2.43 bits per heavy atom. The van der Waals surface area contributed by atoms with Gasteiger partial charge in [-0.15, -0.1) is 0 Å². The fraction of sp³-hybridized carbons (Fsp3) is 0.333. The zero-order valence-electron chi connectivity index (χ0n) is 15.5. The van der Waals surface area contributed by atoms with Crippen molar-refractivity contribution < 1.29 is 14.0 Å². The van der Waals surface area contributed by atoms with Gasteiger partial charge in [0.25, 0.3) is 5.91 Å². The van der Waals surface area contributed by atoms with E-state index in [1.807, 2.05) is 11.0 Å². The molecule has 0 spiro atoms. The summed E-state index contributed by atoms with van der Waals surface area (Å²) in [5, 5.41) is 3.20. The van der Waals surface area contributed by atoms with E-state index in [0.717, 1.165) is 18.7 Å². The molecule has 1 aliphatic heterocycles. The van der Waals surface area contributed by atoms with E-state index in [1.165, 1.54) is 12.1 Å². The summed E-state index contributed by atoms with van der Waals surface area (Å²) in [5.74, 6) is -0.481. The van der Waals surface area contributed by atoms with Gasteiger partial charge in [-0.25, -0.2) is 4.39 Å². The van der Waals surface area contributed by atoms with Crippen LogP contribution in [0.2, 0.25) is 5.02 Å². The summed E-state index contributed by atoms with van der Waals surface area (Å²) >= 11 is 6.09. The molecule has 0 atom stereocenters. The summed E-state index contributed by atoms with van der Waals surface area (Å²) in [6, 6.07) is 13.4. The van der Waals surface area contributed by atoms with Crippen molar-refractivity contribution in [2.75, 3.05) is 32.7 Å². The van der Waals surface area contributed by atoms with Crippen LogP contribution in [0.4, 0.5) is 4.39 Å². The van der Waals surface area contributed by atoms with Crippen molar-refractivity contribution in [3.63, 3.8) is 0 Å². The minimum atomic E-state index is -0.344. The highest BCUT2D eigenvalue weighted by atomic mass is 35.5. The summed E-state index contributed by atoms with van der Waals surface area (Å²) in [7, 11) is 0. The van der Waals surface area contributed by atoms with Gasteiger partial charge >= 0.3 is 0 Å². The van der Waals surface area contributed by atoms with E-state index in [1.54, 1.807) is 30.3 Å². The molecule has 28 heavy (non-hydrogen) atoms. The van der Waals surface area contributed by atoms with Crippen LogP contribution < -0.4 is 5.32 Å². The highest BCUT2D eigenvalue weighted by Gasteiger charge is 2.21. The zero-order valence-corrected chi connectivity index (χ0v) is 16.3. The van der Waals surface area contributed by atoms with E-state index in [0.29, 0.717) is 36.8 Å². The maximum Gasteiger partial charge on any atom is 0.251 e. The predicted octanol–water partition coefficient (Wildman–Crippen LogP) is 2.94. The molecule has 0 bridgehead atoms. The van der Waals surface area contributed by atoms with Gasteiger partial charge in [0, 0.05) is 56.3 Å². The number of nitrogens with zero attached hydrogens (tertiary/aromatic N) is 2. The molecule has 0 saturated carbocycles. The van der Waals surface area contributed by atoms with Gasteiger partial charge in [0.2, 0.25) is 5.91 Å². The molecule has 1 fully saturated rings. The molecule has 7 heteroatoms. The molecule has 1 heterocycles. The standard InChI is InChI=1S/C21H23ClFN3O2/c22-19-14-18(23)7-6-17(19)15-25-10-12-26(13-11-25)20(27)8-9-24-21(28)16-4-2-1-3-5-16/h1-7,14H,8-13,15H2,(H,24,28). The number of hydrogen-bond donors (Lipinski definition) is 1. The lowest BCUT2D eigenvalue weighted by molar-refractivity contribution is -0.132. The molecular weight excluding hydrogens is 381 g/mol. The second-order valence-corrected chi connectivity index (χ2v) is 7.17. The van der Waals surface area contributed by atoms with Crippen molar-refractivity contribution in [2.24, 2.45) is 0 Å². The lowest BCUT2D eigenvalue weighted by Gasteiger charge is -2.35. The maximum absolute atomic E-state index is 13.1. The third kappa shape index (κ3) is 5.53. The summed E-state index contributed by atoms with van der Waals surface area (Å²) in [4.78, 5) is 28.4. The summed E-state index contributed by atoms with van der Waals surface area (Å²) in [5.41, 5.74) is 1.47. The summed E-state index contributed by atoms with van der Waals surface area (Å²) in [6.45, 7) is 3.67. The normalized spacial score (nSPS) is 14.7. The molecular formula is C21H23ClFN3O2. The molecule has 3 rings (SSSR count). The number of rotatable bonds is 6. The molecule has 0 aromatic heterocycles. The molecule has 148 valence electrons. The molecule has 5 nitrogen and oxygen atoms in total. The fourth-order valence-corrected chi connectivity index (χ4v) is 3.41. The van der Waals surface area contributed by atoms with Crippen LogP contribution in [0.5, 0.6) is 0 Å². The second-order valence-electron chi connectivity index (χ2n) is 6.76. The summed E-state index contributed by atoms with van der Waals surface area (Å²) < 4.78 is 13.1. The van der Waals surface area contributed by atoms with Crippen LogP contribution >= 0.6 is 11.6 Å². The van der Waals surface area contributed by atoms with Gasteiger partial charge in [-0.2, -0.15) is 0 Å². The molecule has 0 unspecified atom stereocenters. The number of nitrogens with one attached hydrogen (secondary N) is 1. The van der Waals surface area contributed by atoms with Crippen molar-refractivity contribution in [2.45, 2.75) is 13.0 Å². The Labute approximate surface area is 169 Å². The van der Waals surface area contributed by atoms with Crippen molar-refractivity contribution in [1.29, 1.82) is 0 Å². The van der Waals surface area contributed by atoms with Crippen LogP contribution in [-0.2, 0) is 11.3 Å². The van der Waals surface area contributed by atoms with Crippen molar-refractivity contribution >= 4 is 23.4 Å². The molecule has 1 N–H and O–H groups in total. The van der Waals surface area contributed by atoms with Crippen molar-refractivity contribution in [3.8, 4) is 0 Å². The van der Waals surface area contributed by atoms with Crippen LogP contribution in [0.1, 0.15) is 22.3 Å². The number of benzene rings is 2. The number of carbonyl (C=O) groups excluding carboxylic acids is 2. The van der Waals surface area contributed by atoms with E-state index >= 15 is 0 Å². The number of halogens is 2. The summed E-state index contributed by atoms with van der Waals surface area (Å²) in [6.07, 6.45) is 0.280. The largest absolute Gasteiger partial charge is 0.352 e. The van der Waals surface area contributed by atoms with Gasteiger partial charge in [-0.3, -0.25) is 14.5 Å². The minimum absolute atomic E-state index is 0.0350. The van der Waals surface area contributed by atoms with Gasteiger partial charge in [0.15, 0.2) is 0 Å². The van der Waals surface area contributed by atoms with E-state index in [-0.39, 0.29) is 24.1 Å². The van der Waals surface area contributed by atoms with Gasteiger partial charge in [0.05, 0.1) is 0 Å². The Hall–Kier alpha value is -2.44. The Bertz CT molecular complexity index is 824. The quantitative estimate of drug-likeness (QED) is 0.806. The first kappa shape index (κ1) is 20.3. The number of carbonyl (C=O) groups is 2. The molecule has 0 aliphatic carbocycles. The second kappa shape index (κ2) is 9.66. The zero-order chi connectivity index (χ0) is 19.9. The van der Waals surface area contributed by atoms with Crippen LogP contribution in [0.15, 0.2) is 48.5 Å². The van der Waals surface area contributed by atoms with Gasteiger partial charge in [0.1, 0.15) is 5.82 Å². The van der Waals surface area contributed by atoms with Crippen LogP contribution in [-0.4, -0.2) is 54.3 Å². The molecule has 1 aliphatic rings. The van der Waals surface area contributed by atoms with Crippen LogP contribution in [0.3, 0.4) is 0 Å². The fourth-order valence-electron chi connectivity index (χ4n) is 3.18. The first-order chi connectivity index (χ1) is 13.5. The topological polar surface area (TPSA) is 52.7 Å². The van der Waals surface area contributed by atoms with E-state index < -0.39 is 0 Å². The number of hydrogen-bond acceptors (Lipinski definition) is 3. The smallest absolute Gasteiger partial charge is 0.251 e. The average Bonchev–Trinajstić information content (AvgIpc) is 2.71. The Morgan fingerprint density at radius 1 is 1.04 bits per heavy atom. The highest BCUT2D eigenvalue weighted by molar-refractivity contribution is 6.31. The van der Waals surface area contributed by atoms with E-state index in [2.05, 4.69) is 10.2 Å². The average molecular weight is 404 g/mol. The molecule has 2 amide bonds. The van der Waals surface area contributed by atoms with Crippen LogP contribution in [0, 0.1) is 5.82 Å². The Morgan fingerprint density at radius 2 is 1.75 bits per heavy atom. The third-order valence-electron chi connectivity index (χ3n) is 4.79. The molecule has 2 aromatic rings. The Kier molecular flexibility index (Phi) is 7.01. The predicted molar refractivity (Wildman–Crippen MR) is 107 cm³/mol. The highest BCUT2D eigenvalue weighted by Crippen LogP contribution is 2.19. The molecule has 2 aromatic carbocycles. The third-order valence-corrected chi connectivity index (χ3v) is 5.15. The monoisotopic (exact) mass is 403 g/mol. The van der Waals surface area contributed by atoms with Crippen molar-refractivity contribution in [1.82, 2.24) is 15.1 Å². The van der Waals surface area contributed by atoms with Crippen LogP contribution in [0.25, 0.3) is 0 Å². The first-order valence-corrected chi connectivity index (χ1v) is 9.68. The van der Waals surface area contributed by atoms with Crippen molar-refractivity contribution in [3.05, 3.63) is 70.5 Å². The molecule has 1 saturated heterocycles. The lowest BCUT2D eigenvalue weighted by Crippen LogP contribution is -2.48. The molecule has 0 radical (unpaired) electrons. The van der Waals surface area contributed by atoms with Gasteiger partial charge in [-0.1, -0.05) is 35.9 Å². The first-order valence-electron chi connectivity index (χ1n) is 9.30. The maximum atomic E-state index is 13.1. The number of amides is 2. The SMILES string of the molecule is O=C(NCCC(=O)N1CCN(Cc2ccc(F)cc2Cl)CC1)c1ccccc1. The van der Waals surface area contributed by atoms with Gasteiger partial charge in [-0.05, 0) is 29.8 Å². The minimum Gasteiger partial charge on any atom is -0.352 e. The van der Waals surface area contributed by atoms with E-state index in [9.17, 15) is 14.0 Å². The Balaban J connectivity index is 1.39. The number of piperazine rings is 1.